The van der Waals surface area contributed by atoms with Gasteiger partial charge in [0.1, 0.15) is 5.82 Å². The molecule has 3 nitrogen and oxygen atoms in total. The average Bonchev–Trinajstić information content (AvgIpc) is 3.14. The minimum Gasteiger partial charge on any atom is -0.481 e. The highest BCUT2D eigenvalue weighted by Crippen LogP contribution is 2.26. The number of carbonyl (C=O) groups is 1. The second-order valence-corrected chi connectivity index (χ2v) is 6.27. The molecular weight excluding hydrogens is 344 g/mol. The fourth-order valence-electron chi connectivity index (χ4n) is 2.34. The van der Waals surface area contributed by atoms with E-state index in [1.807, 2.05) is 17.5 Å². The first-order valence-electron chi connectivity index (χ1n) is 7.59. The fourth-order valence-corrected chi connectivity index (χ4v) is 3.14. The number of benzene rings is 2. The number of hydrogen-bond donors (Lipinski definition) is 1. The van der Waals surface area contributed by atoms with Gasteiger partial charge in [-0.1, -0.05) is 30.3 Å². The van der Waals surface area contributed by atoms with Crippen molar-refractivity contribution in [2.45, 2.75) is 6.04 Å². The lowest BCUT2D eigenvalue weighted by molar-refractivity contribution is -0.123. The number of nitrogens with one attached hydrogen (secondary N) is 1. The topological polar surface area (TPSA) is 38.3 Å². The maximum atomic E-state index is 13.5. The van der Waals surface area contributed by atoms with E-state index in [1.165, 1.54) is 35.6 Å². The Balaban J connectivity index is 1.71. The second kappa shape index (κ2) is 7.90. The molecule has 1 atom stereocenters. The minimum atomic E-state index is -0.524. The van der Waals surface area contributed by atoms with E-state index in [-0.39, 0.29) is 18.2 Å². The fraction of sp³-hybridized carbons (Fsp3) is 0.105. The maximum absolute atomic E-state index is 13.5. The number of carbonyl (C=O) groups excluding carboxylic acids is 1. The number of ether oxygens (including phenoxy) is 1. The zero-order chi connectivity index (χ0) is 17.6. The van der Waals surface area contributed by atoms with Crippen molar-refractivity contribution in [3.63, 3.8) is 0 Å². The lowest BCUT2D eigenvalue weighted by atomic mass is 10.1. The van der Waals surface area contributed by atoms with Gasteiger partial charge in [0.15, 0.2) is 18.2 Å². The van der Waals surface area contributed by atoms with Crippen LogP contribution < -0.4 is 10.1 Å². The van der Waals surface area contributed by atoms with E-state index in [0.29, 0.717) is 0 Å². The molecule has 0 bridgehead atoms. The van der Waals surface area contributed by atoms with Gasteiger partial charge in [-0.2, -0.15) is 0 Å². The Bertz CT molecular complexity index is 835. The Labute approximate surface area is 147 Å². The van der Waals surface area contributed by atoms with E-state index in [2.05, 4.69) is 5.32 Å². The summed E-state index contributed by atoms with van der Waals surface area (Å²) >= 11 is 1.48. The van der Waals surface area contributed by atoms with Crippen molar-refractivity contribution < 1.29 is 18.3 Å². The number of halogens is 2. The summed E-state index contributed by atoms with van der Waals surface area (Å²) in [4.78, 5) is 13.2. The van der Waals surface area contributed by atoms with Crippen molar-refractivity contribution in [2.75, 3.05) is 6.61 Å². The van der Waals surface area contributed by atoms with Crippen LogP contribution in [0.1, 0.15) is 16.5 Å². The number of para-hydroxylation sites is 1. The van der Waals surface area contributed by atoms with Gasteiger partial charge in [0.2, 0.25) is 0 Å². The van der Waals surface area contributed by atoms with Gasteiger partial charge in [-0.3, -0.25) is 4.79 Å². The van der Waals surface area contributed by atoms with E-state index in [9.17, 15) is 13.6 Å². The molecule has 1 heterocycles. The lowest BCUT2D eigenvalue weighted by Crippen LogP contribution is -2.33. The van der Waals surface area contributed by atoms with Crippen LogP contribution in [-0.4, -0.2) is 12.5 Å². The third kappa shape index (κ3) is 4.42. The van der Waals surface area contributed by atoms with Gasteiger partial charge in [0, 0.05) is 4.88 Å². The van der Waals surface area contributed by atoms with E-state index < -0.39 is 17.8 Å². The number of rotatable bonds is 6. The second-order valence-electron chi connectivity index (χ2n) is 5.29. The normalized spacial score (nSPS) is 11.8. The first-order chi connectivity index (χ1) is 12.1. The van der Waals surface area contributed by atoms with Gasteiger partial charge in [-0.05, 0) is 41.3 Å². The van der Waals surface area contributed by atoms with Crippen molar-refractivity contribution in [2.24, 2.45) is 0 Å². The molecule has 0 spiro atoms. The van der Waals surface area contributed by atoms with Crippen LogP contribution in [0.5, 0.6) is 5.75 Å². The smallest absolute Gasteiger partial charge is 0.258 e. The van der Waals surface area contributed by atoms with Gasteiger partial charge in [-0.15, -0.1) is 11.3 Å². The number of amides is 1. The highest BCUT2D eigenvalue weighted by molar-refractivity contribution is 7.10. The summed E-state index contributed by atoms with van der Waals surface area (Å²) in [6.07, 6.45) is 0. The van der Waals surface area contributed by atoms with Crippen LogP contribution in [-0.2, 0) is 4.79 Å². The van der Waals surface area contributed by atoms with Crippen LogP contribution in [0.25, 0.3) is 0 Å². The van der Waals surface area contributed by atoms with E-state index in [0.717, 1.165) is 10.4 Å². The van der Waals surface area contributed by atoms with Crippen molar-refractivity contribution in [3.8, 4) is 5.75 Å². The van der Waals surface area contributed by atoms with Crippen molar-refractivity contribution in [3.05, 3.63) is 88.1 Å². The van der Waals surface area contributed by atoms with Gasteiger partial charge < -0.3 is 10.1 Å². The SMILES string of the molecule is O=C(COc1ccccc1F)NC(c1ccc(F)cc1)c1cccs1. The van der Waals surface area contributed by atoms with Gasteiger partial charge in [0.25, 0.3) is 5.91 Å². The van der Waals surface area contributed by atoms with E-state index >= 15 is 0 Å². The highest BCUT2D eigenvalue weighted by atomic mass is 32.1. The molecule has 0 aliphatic heterocycles. The van der Waals surface area contributed by atoms with Crippen molar-refractivity contribution in [1.82, 2.24) is 5.32 Å². The molecule has 1 amide bonds. The van der Waals surface area contributed by atoms with Crippen LogP contribution in [0.4, 0.5) is 8.78 Å². The van der Waals surface area contributed by atoms with Crippen LogP contribution in [0.3, 0.4) is 0 Å². The Morgan fingerprint density at radius 3 is 2.48 bits per heavy atom. The minimum absolute atomic E-state index is 0.0205. The van der Waals surface area contributed by atoms with Crippen LogP contribution in [0, 0.1) is 11.6 Å². The average molecular weight is 359 g/mol. The molecule has 1 N–H and O–H groups in total. The Morgan fingerprint density at radius 1 is 1.04 bits per heavy atom. The molecule has 1 unspecified atom stereocenters. The maximum Gasteiger partial charge on any atom is 0.258 e. The Kier molecular flexibility index (Phi) is 5.40. The molecule has 0 radical (unpaired) electrons. The zero-order valence-electron chi connectivity index (χ0n) is 13.1. The molecule has 128 valence electrons. The quantitative estimate of drug-likeness (QED) is 0.712. The predicted octanol–water partition coefficient (Wildman–Crippen LogP) is 4.31. The number of hydrogen-bond acceptors (Lipinski definition) is 3. The monoisotopic (exact) mass is 359 g/mol. The van der Waals surface area contributed by atoms with Gasteiger partial charge in [0.05, 0.1) is 6.04 Å². The predicted molar refractivity (Wildman–Crippen MR) is 92.6 cm³/mol. The first-order valence-corrected chi connectivity index (χ1v) is 8.47. The molecule has 3 rings (SSSR count). The largest absolute Gasteiger partial charge is 0.481 e. The summed E-state index contributed by atoms with van der Waals surface area (Å²) in [6, 6.07) is 15.2. The molecule has 6 heteroatoms. The Morgan fingerprint density at radius 2 is 1.80 bits per heavy atom. The molecule has 0 aliphatic carbocycles. The lowest BCUT2D eigenvalue weighted by Gasteiger charge is -2.18. The third-order valence-electron chi connectivity index (χ3n) is 3.53. The van der Waals surface area contributed by atoms with E-state index in [4.69, 9.17) is 4.74 Å². The molecule has 3 aromatic rings. The first kappa shape index (κ1) is 17.1. The van der Waals surface area contributed by atoms with Crippen LogP contribution in [0.2, 0.25) is 0 Å². The summed E-state index contributed by atoms with van der Waals surface area (Å²) in [5.74, 6) is -1.25. The van der Waals surface area contributed by atoms with Gasteiger partial charge >= 0.3 is 0 Å². The summed E-state index contributed by atoms with van der Waals surface area (Å²) in [5.41, 5.74) is 0.753. The number of thiophene rings is 1. The summed E-state index contributed by atoms with van der Waals surface area (Å²) in [7, 11) is 0. The highest BCUT2D eigenvalue weighted by Gasteiger charge is 2.18. The summed E-state index contributed by atoms with van der Waals surface area (Å²) in [5, 5.41) is 4.74. The van der Waals surface area contributed by atoms with E-state index in [1.54, 1.807) is 24.3 Å². The molecule has 0 saturated heterocycles. The standard InChI is InChI=1S/C19H15F2NO2S/c20-14-9-7-13(8-10-14)19(17-6-3-11-25-17)22-18(23)12-24-16-5-2-1-4-15(16)21/h1-11,19H,12H2,(H,22,23). The van der Waals surface area contributed by atoms with Crippen molar-refractivity contribution in [1.29, 1.82) is 0 Å². The van der Waals surface area contributed by atoms with Crippen LogP contribution >= 0.6 is 11.3 Å². The molecule has 25 heavy (non-hydrogen) atoms. The molecule has 0 aliphatic rings. The summed E-state index contributed by atoms with van der Waals surface area (Å²) < 4.78 is 31.9. The Hall–Kier alpha value is -2.73. The van der Waals surface area contributed by atoms with Crippen LogP contribution in [0.15, 0.2) is 66.0 Å². The molecule has 2 aromatic carbocycles. The van der Waals surface area contributed by atoms with Gasteiger partial charge in [-0.25, -0.2) is 8.78 Å². The summed E-state index contributed by atoms with van der Waals surface area (Å²) in [6.45, 7) is -0.315. The molecule has 0 saturated carbocycles. The third-order valence-corrected chi connectivity index (χ3v) is 4.47. The zero-order valence-corrected chi connectivity index (χ0v) is 13.9. The molecule has 0 fully saturated rings. The molecule has 1 aromatic heterocycles. The van der Waals surface area contributed by atoms with Crippen molar-refractivity contribution >= 4 is 17.2 Å². The molecular formula is C19H15F2NO2S.